The molecule has 12 heavy (non-hydrogen) atoms. The standard InChI is InChI=1S/C8H17NO.C2H6/c1-8(2,3)9-4-6-10-7-5-9;1-2/h4-7H2,1-3H3;1-2H3. The molecule has 0 spiro atoms. The molecule has 2 heteroatoms. The van der Waals surface area contributed by atoms with Gasteiger partial charge in [-0.3, -0.25) is 4.90 Å². The molecule has 1 aliphatic rings. The molecule has 1 aliphatic heterocycles. The van der Waals surface area contributed by atoms with Crippen molar-refractivity contribution < 1.29 is 4.74 Å². The van der Waals surface area contributed by atoms with Crippen LogP contribution in [0, 0.1) is 0 Å². The van der Waals surface area contributed by atoms with Gasteiger partial charge in [0.15, 0.2) is 0 Å². The zero-order valence-corrected chi connectivity index (χ0v) is 9.18. The molecule has 0 radical (unpaired) electrons. The zero-order valence-electron chi connectivity index (χ0n) is 9.18. The van der Waals surface area contributed by atoms with Crippen molar-refractivity contribution in [3.63, 3.8) is 0 Å². The zero-order chi connectivity index (χ0) is 9.61. The van der Waals surface area contributed by atoms with Crippen molar-refractivity contribution in [2.24, 2.45) is 0 Å². The summed E-state index contributed by atoms with van der Waals surface area (Å²) in [7, 11) is 0. The number of ether oxygens (including phenoxy) is 1. The highest BCUT2D eigenvalue weighted by molar-refractivity contribution is 4.77. The van der Waals surface area contributed by atoms with Crippen LogP contribution in [-0.4, -0.2) is 36.7 Å². The van der Waals surface area contributed by atoms with Crippen molar-refractivity contribution in [1.29, 1.82) is 0 Å². The third kappa shape index (κ3) is 4.07. The SMILES string of the molecule is CC.CC(C)(C)N1CCOCC1. The Bertz CT molecular complexity index is 101. The van der Waals surface area contributed by atoms with Crippen LogP contribution in [0.3, 0.4) is 0 Å². The lowest BCUT2D eigenvalue weighted by Crippen LogP contribution is -2.47. The number of hydrogen-bond acceptors (Lipinski definition) is 2. The van der Waals surface area contributed by atoms with Gasteiger partial charge in [-0.2, -0.15) is 0 Å². The monoisotopic (exact) mass is 173 g/mol. The highest BCUT2D eigenvalue weighted by Crippen LogP contribution is 2.13. The predicted molar refractivity (Wildman–Crippen MR) is 53.5 cm³/mol. The maximum absolute atomic E-state index is 5.25. The number of rotatable bonds is 0. The van der Waals surface area contributed by atoms with E-state index in [0.717, 1.165) is 26.3 Å². The van der Waals surface area contributed by atoms with E-state index in [0.29, 0.717) is 5.54 Å². The highest BCUT2D eigenvalue weighted by atomic mass is 16.5. The second-order valence-electron chi connectivity index (χ2n) is 3.77. The largest absolute Gasteiger partial charge is 0.379 e. The van der Waals surface area contributed by atoms with Crippen LogP contribution in [0.4, 0.5) is 0 Å². The lowest BCUT2D eigenvalue weighted by Gasteiger charge is -2.38. The normalized spacial score (nSPS) is 19.8. The van der Waals surface area contributed by atoms with E-state index in [1.54, 1.807) is 0 Å². The summed E-state index contributed by atoms with van der Waals surface area (Å²) < 4.78 is 5.25. The minimum absolute atomic E-state index is 0.323. The van der Waals surface area contributed by atoms with Gasteiger partial charge in [0.1, 0.15) is 0 Å². The summed E-state index contributed by atoms with van der Waals surface area (Å²) in [4.78, 5) is 2.45. The Labute approximate surface area is 76.9 Å². The number of morpholine rings is 1. The minimum atomic E-state index is 0.323. The smallest absolute Gasteiger partial charge is 0.0594 e. The third-order valence-corrected chi connectivity index (χ3v) is 1.96. The Balaban J connectivity index is 0.000000561. The van der Waals surface area contributed by atoms with E-state index < -0.39 is 0 Å². The van der Waals surface area contributed by atoms with E-state index >= 15 is 0 Å². The molecule has 1 heterocycles. The maximum Gasteiger partial charge on any atom is 0.0594 e. The molecule has 1 fully saturated rings. The van der Waals surface area contributed by atoms with Crippen LogP contribution in [-0.2, 0) is 4.74 Å². The van der Waals surface area contributed by atoms with Crippen molar-refractivity contribution in [1.82, 2.24) is 4.90 Å². The molecule has 0 amide bonds. The van der Waals surface area contributed by atoms with Crippen LogP contribution in [0.25, 0.3) is 0 Å². The molecule has 0 saturated carbocycles. The predicted octanol–water partition coefficient (Wildman–Crippen LogP) is 2.14. The molecule has 0 aromatic heterocycles. The fourth-order valence-electron chi connectivity index (χ4n) is 1.23. The topological polar surface area (TPSA) is 12.5 Å². The van der Waals surface area contributed by atoms with Crippen LogP contribution < -0.4 is 0 Å². The van der Waals surface area contributed by atoms with E-state index in [2.05, 4.69) is 25.7 Å². The van der Waals surface area contributed by atoms with Crippen LogP contribution in [0.15, 0.2) is 0 Å². The molecule has 0 atom stereocenters. The average molecular weight is 173 g/mol. The highest BCUT2D eigenvalue weighted by Gasteiger charge is 2.22. The summed E-state index contributed by atoms with van der Waals surface area (Å²) in [5.41, 5.74) is 0.323. The summed E-state index contributed by atoms with van der Waals surface area (Å²) in [5, 5.41) is 0. The average Bonchev–Trinajstić information content (AvgIpc) is 2.08. The summed E-state index contributed by atoms with van der Waals surface area (Å²) in [6.07, 6.45) is 0. The van der Waals surface area contributed by atoms with Gasteiger partial charge in [0, 0.05) is 18.6 Å². The Hall–Kier alpha value is -0.0800. The summed E-state index contributed by atoms with van der Waals surface area (Å²) in [5.74, 6) is 0. The van der Waals surface area contributed by atoms with Crippen LogP contribution in [0.5, 0.6) is 0 Å². The molecule has 0 unspecified atom stereocenters. The number of nitrogens with zero attached hydrogens (tertiary/aromatic N) is 1. The van der Waals surface area contributed by atoms with Gasteiger partial charge >= 0.3 is 0 Å². The Morgan fingerprint density at radius 2 is 1.42 bits per heavy atom. The first kappa shape index (κ1) is 11.9. The van der Waals surface area contributed by atoms with E-state index in [9.17, 15) is 0 Å². The van der Waals surface area contributed by atoms with Gasteiger partial charge in [-0.1, -0.05) is 13.8 Å². The molecule has 1 rings (SSSR count). The van der Waals surface area contributed by atoms with E-state index in [1.807, 2.05) is 13.8 Å². The first-order valence-corrected chi connectivity index (χ1v) is 4.93. The maximum atomic E-state index is 5.25. The molecule has 0 bridgehead atoms. The van der Waals surface area contributed by atoms with Gasteiger partial charge in [-0.05, 0) is 20.8 Å². The summed E-state index contributed by atoms with van der Waals surface area (Å²) in [6, 6.07) is 0. The van der Waals surface area contributed by atoms with Gasteiger partial charge in [-0.25, -0.2) is 0 Å². The van der Waals surface area contributed by atoms with Gasteiger partial charge < -0.3 is 4.74 Å². The fraction of sp³-hybridized carbons (Fsp3) is 1.00. The van der Waals surface area contributed by atoms with Crippen molar-refractivity contribution in [3.05, 3.63) is 0 Å². The van der Waals surface area contributed by atoms with Gasteiger partial charge in [-0.15, -0.1) is 0 Å². The fourth-order valence-corrected chi connectivity index (χ4v) is 1.23. The third-order valence-electron chi connectivity index (χ3n) is 1.96. The molecule has 0 N–H and O–H groups in total. The van der Waals surface area contributed by atoms with Crippen molar-refractivity contribution >= 4 is 0 Å². The first-order chi connectivity index (χ1) is 5.61. The van der Waals surface area contributed by atoms with Gasteiger partial charge in [0.05, 0.1) is 13.2 Å². The Morgan fingerprint density at radius 3 is 1.67 bits per heavy atom. The Kier molecular flexibility index (Phi) is 5.51. The van der Waals surface area contributed by atoms with Gasteiger partial charge in [0.25, 0.3) is 0 Å². The molecule has 0 aliphatic carbocycles. The Morgan fingerprint density at radius 1 is 1.00 bits per heavy atom. The van der Waals surface area contributed by atoms with E-state index in [1.165, 1.54) is 0 Å². The lowest BCUT2D eigenvalue weighted by atomic mass is 10.1. The molecule has 1 saturated heterocycles. The molecule has 2 nitrogen and oxygen atoms in total. The molecular formula is C10H23NO. The van der Waals surface area contributed by atoms with Crippen molar-refractivity contribution in [2.45, 2.75) is 40.2 Å². The summed E-state index contributed by atoms with van der Waals surface area (Å²) in [6.45, 7) is 14.7. The van der Waals surface area contributed by atoms with Crippen LogP contribution >= 0.6 is 0 Å². The number of hydrogen-bond donors (Lipinski definition) is 0. The molecule has 74 valence electrons. The van der Waals surface area contributed by atoms with E-state index in [-0.39, 0.29) is 0 Å². The quantitative estimate of drug-likeness (QED) is 0.556. The first-order valence-electron chi connectivity index (χ1n) is 4.93. The second-order valence-corrected chi connectivity index (χ2v) is 3.77. The molecule has 0 aromatic rings. The lowest BCUT2D eigenvalue weighted by molar-refractivity contribution is -0.00389. The van der Waals surface area contributed by atoms with Crippen LogP contribution in [0.1, 0.15) is 34.6 Å². The minimum Gasteiger partial charge on any atom is -0.379 e. The van der Waals surface area contributed by atoms with Crippen molar-refractivity contribution in [2.75, 3.05) is 26.3 Å². The second kappa shape index (κ2) is 5.55. The molecule has 0 aromatic carbocycles. The van der Waals surface area contributed by atoms with Gasteiger partial charge in [0.2, 0.25) is 0 Å². The van der Waals surface area contributed by atoms with Crippen molar-refractivity contribution in [3.8, 4) is 0 Å². The van der Waals surface area contributed by atoms with E-state index in [4.69, 9.17) is 4.74 Å². The molecular weight excluding hydrogens is 150 g/mol. The van der Waals surface area contributed by atoms with Crippen LogP contribution in [0.2, 0.25) is 0 Å². The summed E-state index contributed by atoms with van der Waals surface area (Å²) >= 11 is 0.